The van der Waals surface area contributed by atoms with Crippen LogP contribution in [0, 0.1) is 5.92 Å². The Balaban J connectivity index is 2.42. The fraction of sp³-hybridized carbons (Fsp3) is 0.833. The van der Waals surface area contributed by atoms with E-state index in [9.17, 15) is 14.7 Å². The lowest BCUT2D eigenvalue weighted by Gasteiger charge is -2.23. The van der Waals surface area contributed by atoms with Crippen LogP contribution in [0.5, 0.6) is 0 Å². The Kier molecular flexibility index (Phi) is 5.40. The molecule has 0 aromatic carbocycles. The molecule has 0 aromatic rings. The van der Waals surface area contributed by atoms with Crippen LogP contribution in [0.4, 0.5) is 4.79 Å². The zero-order valence-electron chi connectivity index (χ0n) is 10.8. The number of nitrogens with one attached hydrogen (secondary N) is 2. The standard InChI is InChI=1S/C12H22N2O4/c1-7(9-5-3-4-6-9)13-12(18)14-10(8(2)15)11(16)17/h7-10,15H,3-6H2,1-2H3,(H,16,17)(H2,13,14,18)/t7?,8-,10+/m1/s1. The van der Waals surface area contributed by atoms with Crippen molar-refractivity contribution < 1.29 is 19.8 Å². The number of carboxylic acids is 1. The molecule has 1 fully saturated rings. The molecule has 104 valence electrons. The number of amides is 2. The van der Waals surface area contributed by atoms with Crippen LogP contribution in [0.25, 0.3) is 0 Å². The van der Waals surface area contributed by atoms with Crippen LogP contribution in [0.2, 0.25) is 0 Å². The van der Waals surface area contributed by atoms with Gasteiger partial charge in [0.2, 0.25) is 0 Å². The highest BCUT2D eigenvalue weighted by Gasteiger charge is 2.27. The number of urea groups is 1. The fourth-order valence-electron chi connectivity index (χ4n) is 2.35. The van der Waals surface area contributed by atoms with Crippen molar-refractivity contribution in [2.45, 2.75) is 57.7 Å². The monoisotopic (exact) mass is 258 g/mol. The minimum atomic E-state index is -1.28. The van der Waals surface area contributed by atoms with Crippen LogP contribution >= 0.6 is 0 Å². The summed E-state index contributed by atoms with van der Waals surface area (Å²) in [6.45, 7) is 3.26. The predicted molar refractivity (Wildman–Crippen MR) is 66.2 cm³/mol. The van der Waals surface area contributed by atoms with Gasteiger partial charge in [-0.2, -0.15) is 0 Å². The van der Waals surface area contributed by atoms with Gasteiger partial charge in [-0.15, -0.1) is 0 Å². The lowest BCUT2D eigenvalue weighted by atomic mass is 10.0. The second-order valence-corrected chi connectivity index (χ2v) is 5.01. The van der Waals surface area contributed by atoms with E-state index in [1.165, 1.54) is 19.8 Å². The summed E-state index contributed by atoms with van der Waals surface area (Å²) >= 11 is 0. The van der Waals surface area contributed by atoms with Gasteiger partial charge in [0.05, 0.1) is 6.10 Å². The number of carboxylic acid groups (broad SMARTS) is 1. The number of carbonyl (C=O) groups excluding carboxylic acids is 1. The molecule has 18 heavy (non-hydrogen) atoms. The van der Waals surface area contributed by atoms with Crippen LogP contribution in [0.1, 0.15) is 39.5 Å². The van der Waals surface area contributed by atoms with Crippen LogP contribution in [0.15, 0.2) is 0 Å². The lowest BCUT2D eigenvalue weighted by Crippen LogP contribution is -2.53. The molecule has 0 aromatic heterocycles. The van der Waals surface area contributed by atoms with E-state index in [-0.39, 0.29) is 6.04 Å². The Hall–Kier alpha value is -1.30. The summed E-state index contributed by atoms with van der Waals surface area (Å²) in [6.07, 6.45) is 3.43. The smallest absolute Gasteiger partial charge is 0.328 e. The molecule has 6 nitrogen and oxygen atoms in total. The van der Waals surface area contributed by atoms with Gasteiger partial charge in [-0.3, -0.25) is 0 Å². The van der Waals surface area contributed by atoms with Crippen molar-refractivity contribution in [3.8, 4) is 0 Å². The van der Waals surface area contributed by atoms with Crippen molar-refractivity contribution in [2.75, 3.05) is 0 Å². The minimum Gasteiger partial charge on any atom is -0.480 e. The molecule has 3 atom stereocenters. The molecule has 1 unspecified atom stereocenters. The van der Waals surface area contributed by atoms with Crippen molar-refractivity contribution in [1.82, 2.24) is 10.6 Å². The van der Waals surface area contributed by atoms with Crippen LogP contribution in [-0.4, -0.2) is 40.4 Å². The molecule has 1 aliphatic rings. The van der Waals surface area contributed by atoms with Crippen molar-refractivity contribution in [3.63, 3.8) is 0 Å². The molecule has 0 heterocycles. The summed E-state index contributed by atoms with van der Waals surface area (Å²) in [6, 6.07) is -1.79. The summed E-state index contributed by atoms with van der Waals surface area (Å²) in [5.74, 6) is -0.778. The summed E-state index contributed by atoms with van der Waals surface area (Å²) in [7, 11) is 0. The first-order chi connectivity index (χ1) is 8.41. The highest BCUT2D eigenvalue weighted by Crippen LogP contribution is 2.27. The van der Waals surface area contributed by atoms with Crippen LogP contribution < -0.4 is 10.6 Å². The summed E-state index contributed by atoms with van der Waals surface area (Å²) < 4.78 is 0. The largest absolute Gasteiger partial charge is 0.480 e. The van der Waals surface area contributed by atoms with Gasteiger partial charge in [0.1, 0.15) is 0 Å². The Morgan fingerprint density at radius 3 is 2.17 bits per heavy atom. The second-order valence-electron chi connectivity index (χ2n) is 5.01. The zero-order chi connectivity index (χ0) is 13.7. The Labute approximate surface area is 107 Å². The van der Waals surface area contributed by atoms with Gasteiger partial charge < -0.3 is 20.8 Å². The quantitative estimate of drug-likeness (QED) is 0.583. The predicted octanol–water partition coefficient (Wildman–Crippen LogP) is 0.698. The number of aliphatic carboxylic acids is 1. The van der Waals surface area contributed by atoms with E-state index >= 15 is 0 Å². The molecule has 0 aliphatic heterocycles. The van der Waals surface area contributed by atoms with Gasteiger partial charge in [0, 0.05) is 6.04 Å². The van der Waals surface area contributed by atoms with E-state index in [2.05, 4.69) is 10.6 Å². The van der Waals surface area contributed by atoms with E-state index < -0.39 is 24.1 Å². The molecule has 0 saturated heterocycles. The molecule has 1 aliphatic carbocycles. The molecule has 0 spiro atoms. The molecule has 1 saturated carbocycles. The molecule has 1 rings (SSSR count). The number of carbonyl (C=O) groups is 2. The van der Waals surface area contributed by atoms with Crippen molar-refractivity contribution in [1.29, 1.82) is 0 Å². The number of hydrogen-bond donors (Lipinski definition) is 4. The van der Waals surface area contributed by atoms with Gasteiger partial charge in [0.15, 0.2) is 6.04 Å². The third-order valence-electron chi connectivity index (χ3n) is 3.50. The first-order valence-corrected chi connectivity index (χ1v) is 6.39. The van der Waals surface area contributed by atoms with Gasteiger partial charge in [0.25, 0.3) is 0 Å². The van der Waals surface area contributed by atoms with Gasteiger partial charge in [-0.25, -0.2) is 9.59 Å². The third kappa shape index (κ3) is 4.18. The van der Waals surface area contributed by atoms with Gasteiger partial charge >= 0.3 is 12.0 Å². The average Bonchev–Trinajstić information content (AvgIpc) is 2.78. The molecule has 0 bridgehead atoms. The van der Waals surface area contributed by atoms with E-state index in [1.54, 1.807) is 0 Å². The molecule has 0 radical (unpaired) electrons. The molecule has 6 heteroatoms. The van der Waals surface area contributed by atoms with E-state index in [1.807, 2.05) is 6.92 Å². The van der Waals surface area contributed by atoms with Crippen molar-refractivity contribution >= 4 is 12.0 Å². The fourth-order valence-corrected chi connectivity index (χ4v) is 2.35. The molecule has 2 amide bonds. The minimum absolute atomic E-state index is 0.0240. The number of aliphatic hydroxyl groups excluding tert-OH is 1. The van der Waals surface area contributed by atoms with Gasteiger partial charge in [-0.05, 0) is 32.6 Å². The van der Waals surface area contributed by atoms with E-state index in [0.717, 1.165) is 12.8 Å². The third-order valence-corrected chi connectivity index (χ3v) is 3.50. The molecular formula is C12H22N2O4. The average molecular weight is 258 g/mol. The number of rotatable bonds is 5. The molecular weight excluding hydrogens is 236 g/mol. The van der Waals surface area contributed by atoms with E-state index in [4.69, 9.17) is 5.11 Å². The Morgan fingerprint density at radius 1 is 1.17 bits per heavy atom. The first-order valence-electron chi connectivity index (χ1n) is 6.39. The highest BCUT2D eigenvalue weighted by molar-refractivity contribution is 5.83. The maximum absolute atomic E-state index is 11.6. The summed E-state index contributed by atoms with van der Waals surface area (Å²) in [5.41, 5.74) is 0. The number of hydrogen-bond acceptors (Lipinski definition) is 3. The maximum Gasteiger partial charge on any atom is 0.328 e. The van der Waals surface area contributed by atoms with Gasteiger partial charge in [-0.1, -0.05) is 12.8 Å². The second kappa shape index (κ2) is 6.58. The highest BCUT2D eigenvalue weighted by atomic mass is 16.4. The topological polar surface area (TPSA) is 98.7 Å². The summed E-state index contributed by atoms with van der Waals surface area (Å²) in [4.78, 5) is 22.4. The first kappa shape index (κ1) is 14.8. The van der Waals surface area contributed by atoms with E-state index in [0.29, 0.717) is 5.92 Å². The SMILES string of the molecule is CC(NC(=O)N[C@H](C(=O)O)[C@@H](C)O)C1CCCC1. The van der Waals surface area contributed by atoms with Crippen LogP contribution in [0.3, 0.4) is 0 Å². The normalized spacial score (nSPS) is 21.1. The zero-order valence-corrected chi connectivity index (χ0v) is 10.8. The summed E-state index contributed by atoms with van der Waals surface area (Å²) in [5, 5.41) is 23.1. The lowest BCUT2D eigenvalue weighted by molar-refractivity contribution is -0.141. The Morgan fingerprint density at radius 2 is 1.72 bits per heavy atom. The maximum atomic E-state index is 11.6. The van der Waals surface area contributed by atoms with Crippen LogP contribution in [-0.2, 0) is 4.79 Å². The van der Waals surface area contributed by atoms with Crippen molar-refractivity contribution in [3.05, 3.63) is 0 Å². The number of aliphatic hydroxyl groups is 1. The molecule has 4 N–H and O–H groups in total. The Bertz CT molecular complexity index is 300. The van der Waals surface area contributed by atoms with Crippen molar-refractivity contribution in [2.24, 2.45) is 5.92 Å².